The van der Waals surface area contributed by atoms with Gasteiger partial charge in [0.25, 0.3) is 0 Å². The van der Waals surface area contributed by atoms with Crippen molar-refractivity contribution >= 4 is 17.5 Å². The van der Waals surface area contributed by atoms with Crippen molar-refractivity contribution < 1.29 is 41.0 Å². The standard InChI is InChI=1S/C28H30F6N4O3/c29-18-11-16(13-35-14-18)23(24(40)37-19-5-7-27(30,31)8-6-19)38(25(41)22-12-21(39)15-36-22)20-3-1-17(2-4-20)26(9-10-26)28(32,33)34/h1-4,11,13-14,19,21-23,36,39H,5-10,12,15H2,(H,37,40)/t21-,22-,23?/m1/s1. The topological polar surface area (TPSA) is 94.6 Å². The highest BCUT2D eigenvalue weighted by molar-refractivity contribution is 6.04. The maximum absolute atomic E-state index is 14.3. The third-order valence-electron chi connectivity index (χ3n) is 8.25. The second-order valence-electron chi connectivity index (χ2n) is 11.2. The molecule has 3 aliphatic rings. The Bertz CT molecular complexity index is 1270. The Hall–Kier alpha value is -3.19. The molecule has 2 aromatic rings. The van der Waals surface area contributed by atoms with Crippen molar-refractivity contribution in [2.24, 2.45) is 0 Å². The number of pyridine rings is 1. The SMILES string of the molecule is O=C(NC1CCC(F)(F)CC1)C(c1cncc(F)c1)N(C(=O)[C@H]1C[C@@H](O)CN1)c1ccc(C2(C(F)(F)F)CC2)cc1. The first kappa shape index (κ1) is 29.3. The lowest BCUT2D eigenvalue weighted by molar-refractivity contribution is -0.160. The molecule has 7 nitrogen and oxygen atoms in total. The van der Waals surface area contributed by atoms with Crippen LogP contribution in [0.2, 0.25) is 0 Å². The second kappa shape index (κ2) is 10.9. The minimum absolute atomic E-state index is 0.00853. The molecule has 2 heterocycles. The number of anilines is 1. The quantitative estimate of drug-likeness (QED) is 0.422. The summed E-state index contributed by atoms with van der Waals surface area (Å²) in [5, 5.41) is 15.6. The number of nitrogens with zero attached hydrogens (tertiary/aromatic N) is 2. The number of carbonyl (C=O) groups is 2. The molecule has 2 saturated carbocycles. The highest BCUT2D eigenvalue weighted by Crippen LogP contribution is 2.59. The van der Waals surface area contributed by atoms with E-state index in [1.165, 1.54) is 30.5 Å². The van der Waals surface area contributed by atoms with Gasteiger partial charge in [0, 0.05) is 42.9 Å². The summed E-state index contributed by atoms with van der Waals surface area (Å²) < 4.78 is 83.0. The average molecular weight is 585 g/mol. The fourth-order valence-electron chi connectivity index (χ4n) is 5.74. The fourth-order valence-corrected chi connectivity index (χ4v) is 5.74. The van der Waals surface area contributed by atoms with Gasteiger partial charge in [-0.2, -0.15) is 13.2 Å². The molecule has 1 saturated heterocycles. The third kappa shape index (κ3) is 6.06. The molecule has 0 spiro atoms. The molecule has 41 heavy (non-hydrogen) atoms. The first-order valence-corrected chi connectivity index (χ1v) is 13.5. The Morgan fingerprint density at radius 3 is 2.27 bits per heavy atom. The summed E-state index contributed by atoms with van der Waals surface area (Å²) in [5.74, 6) is -5.10. The van der Waals surface area contributed by atoms with Crippen LogP contribution in [0.5, 0.6) is 0 Å². The normalized spacial score (nSPS) is 24.5. The number of hydrogen-bond acceptors (Lipinski definition) is 5. The Balaban J connectivity index is 1.53. The van der Waals surface area contributed by atoms with Crippen molar-refractivity contribution in [1.29, 1.82) is 0 Å². The minimum Gasteiger partial charge on any atom is -0.392 e. The summed E-state index contributed by atoms with van der Waals surface area (Å²) in [5.41, 5.74) is -1.90. The zero-order chi connectivity index (χ0) is 29.6. The number of halogens is 6. The summed E-state index contributed by atoms with van der Waals surface area (Å²) in [6.07, 6.45) is -4.21. The van der Waals surface area contributed by atoms with E-state index < -0.39 is 72.2 Å². The number of nitrogens with one attached hydrogen (secondary N) is 2. The Kier molecular flexibility index (Phi) is 7.79. The summed E-state index contributed by atoms with van der Waals surface area (Å²) in [6, 6.07) is 3.04. The molecule has 3 atom stereocenters. The van der Waals surface area contributed by atoms with E-state index in [9.17, 15) is 41.0 Å². The highest BCUT2D eigenvalue weighted by Gasteiger charge is 2.64. The Morgan fingerprint density at radius 2 is 1.73 bits per heavy atom. The van der Waals surface area contributed by atoms with Crippen molar-refractivity contribution in [2.75, 3.05) is 11.4 Å². The van der Waals surface area contributed by atoms with Gasteiger partial charge in [-0.05, 0) is 55.9 Å². The smallest absolute Gasteiger partial charge is 0.392 e. The van der Waals surface area contributed by atoms with Gasteiger partial charge in [-0.25, -0.2) is 13.2 Å². The summed E-state index contributed by atoms with van der Waals surface area (Å²) >= 11 is 0. The highest BCUT2D eigenvalue weighted by atomic mass is 19.4. The van der Waals surface area contributed by atoms with Crippen LogP contribution in [-0.4, -0.2) is 58.7 Å². The molecule has 1 aromatic carbocycles. The van der Waals surface area contributed by atoms with Crippen LogP contribution < -0.4 is 15.5 Å². The number of carbonyl (C=O) groups excluding carboxylic acids is 2. The molecule has 3 fully saturated rings. The van der Waals surface area contributed by atoms with E-state index in [1.54, 1.807) is 0 Å². The van der Waals surface area contributed by atoms with Crippen LogP contribution in [-0.2, 0) is 15.0 Å². The van der Waals surface area contributed by atoms with Crippen LogP contribution in [0, 0.1) is 5.82 Å². The molecule has 0 bridgehead atoms. The van der Waals surface area contributed by atoms with Gasteiger partial charge < -0.3 is 15.7 Å². The van der Waals surface area contributed by atoms with Crippen LogP contribution in [0.25, 0.3) is 0 Å². The molecule has 1 aliphatic heterocycles. The van der Waals surface area contributed by atoms with Crippen molar-refractivity contribution in [1.82, 2.24) is 15.6 Å². The minimum atomic E-state index is -4.46. The lowest BCUT2D eigenvalue weighted by Gasteiger charge is -2.35. The van der Waals surface area contributed by atoms with E-state index >= 15 is 0 Å². The number of alkyl halides is 5. The van der Waals surface area contributed by atoms with Crippen molar-refractivity contribution in [3.05, 3.63) is 59.7 Å². The van der Waals surface area contributed by atoms with Crippen molar-refractivity contribution in [2.45, 2.75) is 86.7 Å². The van der Waals surface area contributed by atoms with E-state index in [0.29, 0.717) is 0 Å². The number of rotatable bonds is 7. The van der Waals surface area contributed by atoms with Crippen molar-refractivity contribution in [3.63, 3.8) is 0 Å². The van der Waals surface area contributed by atoms with Gasteiger partial charge in [0.05, 0.1) is 23.8 Å². The van der Waals surface area contributed by atoms with Crippen LogP contribution >= 0.6 is 0 Å². The summed E-state index contributed by atoms with van der Waals surface area (Å²) in [7, 11) is 0. The zero-order valence-electron chi connectivity index (χ0n) is 21.9. The Morgan fingerprint density at radius 1 is 1.07 bits per heavy atom. The van der Waals surface area contributed by atoms with Crippen LogP contribution in [0.1, 0.15) is 62.1 Å². The van der Waals surface area contributed by atoms with Crippen LogP contribution in [0.3, 0.4) is 0 Å². The molecule has 2 amide bonds. The monoisotopic (exact) mass is 584 g/mol. The molecule has 13 heteroatoms. The van der Waals surface area contributed by atoms with Crippen molar-refractivity contribution in [3.8, 4) is 0 Å². The van der Waals surface area contributed by atoms with Gasteiger partial charge in [0.1, 0.15) is 11.9 Å². The number of β-amino-alcohol motifs (C(OH)–C–C–N with tert-alkyl or cyclic N) is 1. The number of aromatic nitrogens is 1. The number of aliphatic hydroxyl groups excluding tert-OH is 1. The average Bonchev–Trinajstić information content (AvgIpc) is 3.63. The predicted molar refractivity (Wildman–Crippen MR) is 136 cm³/mol. The van der Waals surface area contributed by atoms with Crippen LogP contribution in [0.4, 0.5) is 32.0 Å². The van der Waals surface area contributed by atoms with E-state index in [2.05, 4.69) is 15.6 Å². The van der Waals surface area contributed by atoms with Crippen LogP contribution in [0.15, 0.2) is 42.7 Å². The molecule has 0 radical (unpaired) electrons. The lowest BCUT2D eigenvalue weighted by atomic mass is 9.91. The zero-order valence-corrected chi connectivity index (χ0v) is 21.9. The molecule has 2 aliphatic carbocycles. The van der Waals surface area contributed by atoms with E-state index in [0.717, 1.165) is 17.2 Å². The van der Waals surface area contributed by atoms with Gasteiger partial charge in [0.2, 0.25) is 17.7 Å². The first-order chi connectivity index (χ1) is 19.3. The molecule has 5 rings (SSSR count). The molecule has 3 N–H and O–H groups in total. The number of amides is 2. The first-order valence-electron chi connectivity index (χ1n) is 13.5. The third-order valence-corrected chi connectivity index (χ3v) is 8.25. The fraction of sp³-hybridized carbons (Fsp3) is 0.536. The summed E-state index contributed by atoms with van der Waals surface area (Å²) in [6.45, 7) is 0.103. The van der Waals surface area contributed by atoms with Gasteiger partial charge in [-0.15, -0.1) is 0 Å². The largest absolute Gasteiger partial charge is 0.398 e. The molecule has 222 valence electrons. The van der Waals surface area contributed by atoms with E-state index in [4.69, 9.17) is 0 Å². The number of hydrogen-bond donors (Lipinski definition) is 3. The number of benzene rings is 1. The summed E-state index contributed by atoms with van der Waals surface area (Å²) in [4.78, 5) is 32.6. The maximum Gasteiger partial charge on any atom is 0.398 e. The molecule has 1 unspecified atom stereocenters. The lowest BCUT2D eigenvalue weighted by Crippen LogP contribution is -2.52. The Labute approximate surface area is 232 Å². The molecular formula is C28H30F6N4O3. The number of aliphatic hydroxyl groups is 1. The van der Waals surface area contributed by atoms with Gasteiger partial charge in [0.15, 0.2) is 0 Å². The second-order valence-corrected chi connectivity index (χ2v) is 11.2. The maximum atomic E-state index is 14.3. The predicted octanol–water partition coefficient (Wildman–Crippen LogP) is 4.31. The molecule has 1 aromatic heterocycles. The van der Waals surface area contributed by atoms with E-state index in [-0.39, 0.29) is 55.5 Å². The van der Waals surface area contributed by atoms with Gasteiger partial charge in [-0.1, -0.05) is 12.1 Å². The van der Waals surface area contributed by atoms with E-state index in [1.807, 2.05) is 0 Å². The molecular weight excluding hydrogens is 554 g/mol. The van der Waals surface area contributed by atoms with Gasteiger partial charge >= 0.3 is 6.18 Å². The van der Waals surface area contributed by atoms with Gasteiger partial charge in [-0.3, -0.25) is 19.5 Å².